The number of hydrogen-bond acceptors (Lipinski definition) is 8. The summed E-state index contributed by atoms with van der Waals surface area (Å²) < 4.78 is 13.9. The number of hydrogen-bond donors (Lipinski definition) is 4. The molecule has 2 saturated heterocycles. The molecule has 42 heavy (non-hydrogen) atoms. The van der Waals surface area contributed by atoms with Gasteiger partial charge in [0.2, 0.25) is 29.5 Å². The first-order valence-corrected chi connectivity index (χ1v) is 18.8. The number of amides is 5. The van der Waals surface area contributed by atoms with E-state index in [4.69, 9.17) is 0 Å². The molecule has 0 saturated carbocycles. The van der Waals surface area contributed by atoms with Crippen molar-refractivity contribution >= 4 is 64.0 Å². The third-order valence-corrected chi connectivity index (χ3v) is 11.2. The van der Waals surface area contributed by atoms with E-state index in [0.717, 1.165) is 69.3 Å². The molecule has 0 bridgehead atoms. The molecule has 0 aromatic rings. The van der Waals surface area contributed by atoms with Crippen molar-refractivity contribution in [3.8, 4) is 0 Å². The number of carbonyl (C=O) groups excluding carboxylic acids is 5. The summed E-state index contributed by atoms with van der Waals surface area (Å²) in [7, 11) is -1.26. The molecule has 242 valence electrons. The Bertz CT molecular complexity index is 889. The fourth-order valence-electron chi connectivity index (χ4n) is 4.46. The van der Waals surface area contributed by atoms with Crippen LogP contribution in [0.25, 0.3) is 0 Å². The summed E-state index contributed by atoms with van der Waals surface area (Å²) in [5.74, 6) is 1.58. The quantitative estimate of drug-likeness (QED) is 0.108. The summed E-state index contributed by atoms with van der Waals surface area (Å²) in [5, 5.41) is 8.21. The Balaban J connectivity index is 0.00000431. The van der Waals surface area contributed by atoms with Crippen molar-refractivity contribution in [1.29, 1.82) is 0 Å². The number of unbranched alkanes of at least 4 members (excludes halogenated alkanes) is 5. The van der Waals surface area contributed by atoms with Crippen molar-refractivity contribution in [2.24, 2.45) is 5.92 Å². The maximum atomic E-state index is 12.4. The van der Waals surface area contributed by atoms with E-state index >= 15 is 0 Å². The standard InChI is InChI=1S/C27H46N4O6S3.C2H6/c1-19(2)20(29-23(33)13-6-4-9-15-38-21-17-24(34)30-27(21)36)11-7-8-14-28-22(32)12-5-3-10-16-39-26-18-25(35)31-40(26)37;1-2/h19-21,26H,3-18H2,1-2H3,(H,28,32)(H,29,33)(H,31,35)(H,30,34,36);1-2H3. The van der Waals surface area contributed by atoms with E-state index in [9.17, 15) is 28.2 Å². The Morgan fingerprint density at radius 1 is 0.857 bits per heavy atom. The zero-order valence-electron chi connectivity index (χ0n) is 25.8. The van der Waals surface area contributed by atoms with Gasteiger partial charge in [-0.15, -0.1) is 23.5 Å². The molecule has 0 aromatic heterocycles. The molecule has 4 N–H and O–H groups in total. The van der Waals surface area contributed by atoms with Crippen LogP contribution in [0.2, 0.25) is 0 Å². The van der Waals surface area contributed by atoms with Crippen LogP contribution in [-0.4, -0.2) is 67.7 Å². The molecule has 5 amide bonds. The van der Waals surface area contributed by atoms with Crippen LogP contribution in [0.4, 0.5) is 0 Å². The first-order valence-electron chi connectivity index (χ1n) is 15.5. The van der Waals surface area contributed by atoms with Crippen molar-refractivity contribution in [3.05, 3.63) is 0 Å². The number of thioether (sulfide) groups is 2. The summed E-state index contributed by atoms with van der Waals surface area (Å²) in [6, 6.07) is 0.116. The van der Waals surface area contributed by atoms with Crippen LogP contribution in [0.5, 0.6) is 0 Å². The van der Waals surface area contributed by atoms with Crippen LogP contribution in [0, 0.1) is 5.92 Å². The van der Waals surface area contributed by atoms with Crippen molar-refractivity contribution in [3.63, 3.8) is 0 Å². The van der Waals surface area contributed by atoms with Gasteiger partial charge in [0.05, 0.1) is 11.7 Å². The van der Waals surface area contributed by atoms with E-state index in [1.165, 1.54) is 11.8 Å². The first kappa shape index (κ1) is 38.4. The highest BCUT2D eigenvalue weighted by molar-refractivity contribution is 8.11. The highest BCUT2D eigenvalue weighted by Crippen LogP contribution is 2.24. The summed E-state index contributed by atoms with van der Waals surface area (Å²) in [4.78, 5) is 58.5. The number of rotatable bonds is 21. The topological polar surface area (TPSA) is 151 Å². The third-order valence-electron chi connectivity index (χ3n) is 6.87. The maximum Gasteiger partial charge on any atom is 0.240 e. The fraction of sp³-hybridized carbons (Fsp3) is 0.828. The van der Waals surface area contributed by atoms with E-state index in [-0.39, 0.29) is 51.8 Å². The highest BCUT2D eigenvalue weighted by atomic mass is 32.2. The predicted molar refractivity (Wildman–Crippen MR) is 173 cm³/mol. The van der Waals surface area contributed by atoms with Gasteiger partial charge in [0.15, 0.2) is 0 Å². The van der Waals surface area contributed by atoms with Crippen molar-refractivity contribution in [2.45, 2.75) is 127 Å². The van der Waals surface area contributed by atoms with E-state index < -0.39 is 11.0 Å². The molecule has 0 aromatic carbocycles. The number of carbonyl (C=O) groups is 5. The average Bonchev–Trinajstić information content (AvgIpc) is 3.45. The second-order valence-electron chi connectivity index (χ2n) is 10.7. The van der Waals surface area contributed by atoms with Gasteiger partial charge in [-0.2, -0.15) is 0 Å². The molecule has 2 aliphatic heterocycles. The monoisotopic (exact) mass is 648 g/mol. The molecule has 2 fully saturated rings. The van der Waals surface area contributed by atoms with Crippen LogP contribution in [0.1, 0.15) is 111 Å². The molecule has 4 unspecified atom stereocenters. The summed E-state index contributed by atoms with van der Waals surface area (Å²) >= 11 is 3.08. The Kier molecular flexibility index (Phi) is 20.9. The molecule has 0 aliphatic carbocycles. The SMILES string of the molecule is CC.CC(C)C(CCCCNC(=O)CCCCCSC1CC(=O)NS1=O)NC(=O)CCCCCSC1CC(=O)NC1=O. The summed E-state index contributed by atoms with van der Waals surface area (Å²) in [6.07, 6.45) is 9.56. The summed E-state index contributed by atoms with van der Waals surface area (Å²) in [6.45, 7) is 8.85. The molecule has 2 heterocycles. The van der Waals surface area contributed by atoms with Gasteiger partial charge >= 0.3 is 0 Å². The van der Waals surface area contributed by atoms with E-state index in [1.807, 2.05) is 13.8 Å². The van der Waals surface area contributed by atoms with Crippen LogP contribution < -0.4 is 20.7 Å². The van der Waals surface area contributed by atoms with Gasteiger partial charge in [0.25, 0.3) is 0 Å². The smallest absolute Gasteiger partial charge is 0.240 e. The van der Waals surface area contributed by atoms with Gasteiger partial charge in [-0.25, -0.2) is 4.21 Å². The van der Waals surface area contributed by atoms with Crippen molar-refractivity contribution in [2.75, 3.05) is 18.1 Å². The molecule has 0 radical (unpaired) electrons. The Labute approximate surface area is 263 Å². The zero-order valence-corrected chi connectivity index (χ0v) is 28.2. The molecular formula is C29H52N4O6S3. The van der Waals surface area contributed by atoms with E-state index in [0.29, 0.717) is 31.7 Å². The molecule has 0 spiro atoms. The van der Waals surface area contributed by atoms with Gasteiger partial charge < -0.3 is 10.6 Å². The minimum atomic E-state index is -1.26. The van der Waals surface area contributed by atoms with Gasteiger partial charge in [0.1, 0.15) is 15.6 Å². The van der Waals surface area contributed by atoms with Gasteiger partial charge in [-0.3, -0.25) is 34.0 Å². The molecule has 2 rings (SSSR count). The second-order valence-corrected chi connectivity index (χ2v) is 15.0. The first-order chi connectivity index (χ1) is 20.2. The van der Waals surface area contributed by atoms with Crippen molar-refractivity contribution in [1.82, 2.24) is 20.7 Å². The van der Waals surface area contributed by atoms with Crippen molar-refractivity contribution < 1.29 is 28.2 Å². The second kappa shape index (κ2) is 22.9. The lowest BCUT2D eigenvalue weighted by Crippen LogP contribution is -2.38. The van der Waals surface area contributed by atoms with Crippen LogP contribution in [-0.2, 0) is 35.0 Å². The van der Waals surface area contributed by atoms with Crippen LogP contribution >= 0.6 is 23.5 Å². The lowest BCUT2D eigenvalue weighted by Gasteiger charge is -2.22. The molecule has 2 aliphatic rings. The Morgan fingerprint density at radius 2 is 1.50 bits per heavy atom. The molecular weight excluding hydrogens is 597 g/mol. The third kappa shape index (κ3) is 16.9. The lowest BCUT2D eigenvalue weighted by atomic mass is 9.98. The predicted octanol–water partition coefficient (Wildman–Crippen LogP) is 3.95. The molecule has 10 nitrogen and oxygen atoms in total. The molecule has 4 atom stereocenters. The number of nitrogens with one attached hydrogen (secondary N) is 4. The average molecular weight is 649 g/mol. The van der Waals surface area contributed by atoms with Crippen LogP contribution in [0.15, 0.2) is 0 Å². The van der Waals surface area contributed by atoms with E-state index in [1.54, 1.807) is 11.8 Å². The Morgan fingerprint density at radius 3 is 2.07 bits per heavy atom. The fourth-order valence-corrected chi connectivity index (χ4v) is 8.16. The number of imide groups is 1. The van der Waals surface area contributed by atoms with E-state index in [2.05, 4.69) is 34.5 Å². The largest absolute Gasteiger partial charge is 0.356 e. The normalized spacial score (nSPS) is 20.5. The minimum Gasteiger partial charge on any atom is -0.356 e. The minimum absolute atomic E-state index is 0.0615. The van der Waals surface area contributed by atoms with Gasteiger partial charge in [-0.1, -0.05) is 40.5 Å². The maximum absolute atomic E-state index is 12.4. The van der Waals surface area contributed by atoms with Gasteiger partial charge in [-0.05, 0) is 62.4 Å². The highest BCUT2D eigenvalue weighted by Gasteiger charge is 2.30. The van der Waals surface area contributed by atoms with Gasteiger partial charge in [0, 0.05) is 31.8 Å². The summed E-state index contributed by atoms with van der Waals surface area (Å²) in [5.41, 5.74) is 0. The Hall–Kier alpha value is -1.60. The van der Waals surface area contributed by atoms with Crippen LogP contribution in [0.3, 0.4) is 0 Å². The zero-order chi connectivity index (χ0) is 31.3. The lowest BCUT2D eigenvalue weighted by molar-refractivity contribution is -0.125. The molecule has 13 heteroatoms.